The van der Waals surface area contributed by atoms with Crippen molar-refractivity contribution in [1.82, 2.24) is 10.6 Å². The van der Waals surface area contributed by atoms with Crippen LogP contribution in [0.3, 0.4) is 0 Å². The maximum absolute atomic E-state index is 11.0. The van der Waals surface area contributed by atoms with Gasteiger partial charge in [-0.15, -0.1) is 0 Å². The molecule has 0 aromatic carbocycles. The molecule has 11 heavy (non-hydrogen) atoms. The fourth-order valence-corrected chi connectivity index (χ4v) is 0.841. The third-order valence-electron chi connectivity index (χ3n) is 1.53. The minimum Gasteiger partial charge on any atom is -0.339 e. The second kappa shape index (κ2) is 2.74. The molecular weight excluding hydrogens is 144 g/mol. The molecule has 1 saturated heterocycles. The molecule has 0 spiro atoms. The van der Waals surface area contributed by atoms with Gasteiger partial charge in [-0.1, -0.05) is 6.08 Å². The minimum atomic E-state index is -0.425. The van der Waals surface area contributed by atoms with Crippen molar-refractivity contribution < 1.29 is 9.59 Å². The van der Waals surface area contributed by atoms with Crippen LogP contribution in [0.4, 0.5) is 0 Å². The molecule has 4 heteroatoms. The lowest BCUT2D eigenvalue weighted by Crippen LogP contribution is -2.53. The van der Waals surface area contributed by atoms with Gasteiger partial charge in [0.15, 0.2) is 0 Å². The van der Waals surface area contributed by atoms with E-state index < -0.39 is 6.04 Å². The summed E-state index contributed by atoms with van der Waals surface area (Å²) in [7, 11) is 0. The summed E-state index contributed by atoms with van der Waals surface area (Å²) in [5.74, 6) is -0.391. The number of allylic oxidation sites excluding steroid dienone is 1. The van der Waals surface area contributed by atoms with Crippen molar-refractivity contribution in [2.75, 3.05) is 0 Å². The van der Waals surface area contributed by atoms with E-state index in [2.05, 4.69) is 10.6 Å². The lowest BCUT2D eigenvalue weighted by Gasteiger charge is -2.21. The summed E-state index contributed by atoms with van der Waals surface area (Å²) < 4.78 is 0. The van der Waals surface area contributed by atoms with Crippen LogP contribution in [-0.4, -0.2) is 17.9 Å². The molecule has 1 unspecified atom stereocenters. The molecule has 0 radical (unpaired) electrons. The molecule has 0 aliphatic carbocycles. The standard InChI is InChI=1S/C7H10N2O2/c1-3-5-7(11)8-4(2)6(10)9-5/h3-4H,1-2H3,(H,8,11)(H,9,10)/b5-3+. The van der Waals surface area contributed by atoms with Crippen LogP contribution in [0.5, 0.6) is 0 Å². The molecule has 0 aromatic heterocycles. The zero-order valence-corrected chi connectivity index (χ0v) is 6.47. The van der Waals surface area contributed by atoms with Crippen molar-refractivity contribution in [1.29, 1.82) is 0 Å². The Hall–Kier alpha value is -1.32. The van der Waals surface area contributed by atoms with E-state index in [-0.39, 0.29) is 11.8 Å². The quantitative estimate of drug-likeness (QED) is 0.463. The van der Waals surface area contributed by atoms with Crippen molar-refractivity contribution in [3.63, 3.8) is 0 Å². The van der Waals surface area contributed by atoms with Gasteiger partial charge in [-0.05, 0) is 13.8 Å². The van der Waals surface area contributed by atoms with Gasteiger partial charge in [-0.2, -0.15) is 0 Å². The van der Waals surface area contributed by atoms with Gasteiger partial charge in [0.05, 0.1) is 0 Å². The molecule has 4 nitrogen and oxygen atoms in total. The van der Waals surface area contributed by atoms with Crippen LogP contribution in [0.15, 0.2) is 11.8 Å². The van der Waals surface area contributed by atoms with Gasteiger partial charge >= 0.3 is 0 Å². The summed E-state index contributed by atoms with van der Waals surface area (Å²) in [6.45, 7) is 3.34. The fourth-order valence-electron chi connectivity index (χ4n) is 0.841. The summed E-state index contributed by atoms with van der Waals surface area (Å²) in [6.07, 6.45) is 1.57. The van der Waals surface area contributed by atoms with Crippen LogP contribution in [0, 0.1) is 0 Å². The van der Waals surface area contributed by atoms with Gasteiger partial charge in [0.25, 0.3) is 5.91 Å². The molecular formula is C7H10N2O2. The lowest BCUT2D eigenvalue weighted by atomic mass is 10.2. The predicted octanol–water partition coefficient (Wildman–Crippen LogP) is -0.475. The van der Waals surface area contributed by atoms with Crippen LogP contribution in [-0.2, 0) is 9.59 Å². The molecule has 60 valence electrons. The highest BCUT2D eigenvalue weighted by Crippen LogP contribution is 1.98. The van der Waals surface area contributed by atoms with Gasteiger partial charge in [0.2, 0.25) is 5.91 Å². The van der Waals surface area contributed by atoms with Crippen LogP contribution < -0.4 is 10.6 Å². The number of carbonyl (C=O) groups excluding carboxylic acids is 2. The Bertz CT molecular complexity index is 233. The molecule has 0 aromatic rings. The Morgan fingerprint density at radius 3 is 2.64 bits per heavy atom. The molecule has 2 N–H and O–H groups in total. The number of nitrogens with one attached hydrogen (secondary N) is 2. The lowest BCUT2D eigenvalue weighted by molar-refractivity contribution is -0.130. The van der Waals surface area contributed by atoms with Gasteiger partial charge in [0, 0.05) is 0 Å². The second-order valence-electron chi connectivity index (χ2n) is 2.39. The first-order valence-corrected chi connectivity index (χ1v) is 3.43. The maximum atomic E-state index is 11.0. The molecule has 1 heterocycles. The first-order chi connectivity index (χ1) is 5.15. The van der Waals surface area contributed by atoms with E-state index in [1.165, 1.54) is 0 Å². The Kier molecular flexibility index (Phi) is 1.94. The fraction of sp³-hybridized carbons (Fsp3) is 0.429. The molecule has 1 fully saturated rings. The predicted molar refractivity (Wildman–Crippen MR) is 39.5 cm³/mol. The zero-order valence-electron chi connectivity index (χ0n) is 6.47. The average Bonchev–Trinajstić information content (AvgIpc) is 1.97. The third-order valence-corrected chi connectivity index (χ3v) is 1.53. The molecule has 0 saturated carbocycles. The van der Waals surface area contributed by atoms with Crippen molar-refractivity contribution in [3.8, 4) is 0 Å². The highest BCUT2D eigenvalue weighted by atomic mass is 16.2. The van der Waals surface area contributed by atoms with E-state index in [0.717, 1.165) is 0 Å². The molecule has 1 aliphatic heterocycles. The monoisotopic (exact) mass is 154 g/mol. The highest BCUT2D eigenvalue weighted by Gasteiger charge is 2.24. The Morgan fingerprint density at radius 1 is 1.45 bits per heavy atom. The first kappa shape index (κ1) is 7.78. The summed E-state index contributed by atoms with van der Waals surface area (Å²) in [6, 6.07) is -0.425. The largest absolute Gasteiger partial charge is 0.339 e. The number of hydrogen-bond donors (Lipinski definition) is 2. The van der Waals surface area contributed by atoms with Crippen LogP contribution >= 0.6 is 0 Å². The van der Waals surface area contributed by atoms with Crippen LogP contribution in [0.25, 0.3) is 0 Å². The number of amides is 2. The van der Waals surface area contributed by atoms with Crippen LogP contribution in [0.1, 0.15) is 13.8 Å². The van der Waals surface area contributed by atoms with Crippen LogP contribution in [0.2, 0.25) is 0 Å². The number of carbonyl (C=O) groups is 2. The first-order valence-electron chi connectivity index (χ1n) is 3.43. The number of hydrogen-bond acceptors (Lipinski definition) is 2. The normalized spacial score (nSPS) is 28.2. The van der Waals surface area contributed by atoms with E-state index in [1.54, 1.807) is 19.9 Å². The SMILES string of the molecule is C/C=C1/NC(=O)C(C)NC1=O. The van der Waals surface area contributed by atoms with Crippen molar-refractivity contribution in [3.05, 3.63) is 11.8 Å². The minimum absolute atomic E-state index is 0.169. The summed E-state index contributed by atoms with van der Waals surface area (Å²) in [5, 5.41) is 4.99. The highest BCUT2D eigenvalue weighted by molar-refractivity contribution is 6.04. The number of piperazine rings is 1. The van der Waals surface area contributed by atoms with Crippen molar-refractivity contribution >= 4 is 11.8 Å². The smallest absolute Gasteiger partial charge is 0.268 e. The third kappa shape index (κ3) is 1.39. The van der Waals surface area contributed by atoms with E-state index >= 15 is 0 Å². The maximum Gasteiger partial charge on any atom is 0.268 e. The van der Waals surface area contributed by atoms with E-state index in [4.69, 9.17) is 0 Å². The van der Waals surface area contributed by atoms with Gasteiger partial charge < -0.3 is 10.6 Å². The van der Waals surface area contributed by atoms with E-state index in [9.17, 15) is 9.59 Å². The number of rotatable bonds is 0. The summed E-state index contributed by atoms with van der Waals surface area (Å²) >= 11 is 0. The van der Waals surface area contributed by atoms with E-state index in [1.807, 2.05) is 0 Å². The summed E-state index contributed by atoms with van der Waals surface area (Å²) in [5.41, 5.74) is 0.327. The van der Waals surface area contributed by atoms with E-state index in [0.29, 0.717) is 5.70 Å². The average molecular weight is 154 g/mol. The Balaban J connectivity index is 2.78. The summed E-state index contributed by atoms with van der Waals surface area (Å²) in [4.78, 5) is 21.9. The molecule has 1 aliphatic rings. The van der Waals surface area contributed by atoms with Crippen molar-refractivity contribution in [2.45, 2.75) is 19.9 Å². The van der Waals surface area contributed by atoms with Crippen molar-refractivity contribution in [2.24, 2.45) is 0 Å². The van der Waals surface area contributed by atoms with Gasteiger partial charge in [0.1, 0.15) is 11.7 Å². The molecule has 1 rings (SSSR count). The van der Waals surface area contributed by atoms with Gasteiger partial charge in [-0.3, -0.25) is 9.59 Å². The molecule has 1 atom stereocenters. The Labute approximate surface area is 64.7 Å². The zero-order chi connectivity index (χ0) is 8.43. The molecule has 2 amide bonds. The topological polar surface area (TPSA) is 58.2 Å². The second-order valence-corrected chi connectivity index (χ2v) is 2.39. The molecule has 0 bridgehead atoms. The van der Waals surface area contributed by atoms with Gasteiger partial charge in [-0.25, -0.2) is 0 Å². The Morgan fingerprint density at radius 2 is 2.09 bits per heavy atom.